The molecule has 0 aromatic heterocycles. The van der Waals surface area contributed by atoms with Crippen molar-refractivity contribution in [3.63, 3.8) is 0 Å². The van der Waals surface area contributed by atoms with Crippen molar-refractivity contribution < 1.29 is 39.6 Å². The van der Waals surface area contributed by atoms with Gasteiger partial charge in [0.25, 0.3) is 10.1 Å². The van der Waals surface area contributed by atoms with Crippen LogP contribution >= 0.6 is 0 Å². The SMILES string of the molecule is CS(=O)(=O)OC1[C@@H](O)[C@H](OS(=O)(=O)O)C2CO[C@@H]1C2. The molecule has 11 heteroatoms. The summed E-state index contributed by atoms with van der Waals surface area (Å²) in [4.78, 5) is 0. The van der Waals surface area contributed by atoms with Crippen LogP contribution < -0.4 is 0 Å². The van der Waals surface area contributed by atoms with Gasteiger partial charge in [-0.3, -0.25) is 8.74 Å². The van der Waals surface area contributed by atoms with Gasteiger partial charge in [0.15, 0.2) is 0 Å². The third-order valence-electron chi connectivity index (χ3n) is 3.08. The van der Waals surface area contributed by atoms with E-state index in [0.29, 0.717) is 0 Å². The van der Waals surface area contributed by atoms with Gasteiger partial charge in [0.1, 0.15) is 18.3 Å². The van der Waals surface area contributed by atoms with Crippen LogP contribution in [0.5, 0.6) is 0 Å². The quantitative estimate of drug-likeness (QED) is 0.459. The zero-order chi connectivity index (χ0) is 14.4. The van der Waals surface area contributed by atoms with Crippen LogP contribution in [0.3, 0.4) is 0 Å². The van der Waals surface area contributed by atoms with Gasteiger partial charge < -0.3 is 9.84 Å². The molecule has 2 rings (SSSR count). The summed E-state index contributed by atoms with van der Waals surface area (Å²) in [7, 11) is -8.62. The lowest BCUT2D eigenvalue weighted by Gasteiger charge is -2.35. The van der Waals surface area contributed by atoms with Gasteiger partial charge in [0, 0.05) is 5.92 Å². The van der Waals surface area contributed by atoms with Gasteiger partial charge in [-0.15, -0.1) is 0 Å². The van der Waals surface area contributed by atoms with Crippen LogP contribution in [-0.4, -0.2) is 63.8 Å². The number of aliphatic hydroxyl groups excluding tert-OH is 1. The summed E-state index contributed by atoms with van der Waals surface area (Å²) in [5.74, 6) is -0.457. The fourth-order valence-electron chi connectivity index (χ4n) is 2.42. The Morgan fingerprint density at radius 1 is 1.16 bits per heavy atom. The van der Waals surface area contributed by atoms with E-state index >= 15 is 0 Å². The summed E-state index contributed by atoms with van der Waals surface area (Å²) in [6, 6.07) is 0. The Hall–Kier alpha value is -0.300. The maximum absolute atomic E-state index is 11.1. The van der Waals surface area contributed by atoms with Gasteiger partial charge in [-0.1, -0.05) is 0 Å². The van der Waals surface area contributed by atoms with Crippen molar-refractivity contribution in [3.05, 3.63) is 0 Å². The third kappa shape index (κ3) is 3.62. The summed E-state index contributed by atoms with van der Waals surface area (Å²) in [5, 5.41) is 9.97. The molecule has 2 fully saturated rings. The predicted molar refractivity (Wildman–Crippen MR) is 60.0 cm³/mol. The molecule has 0 amide bonds. The first kappa shape index (κ1) is 15.1. The van der Waals surface area contributed by atoms with Crippen LogP contribution in [0.4, 0.5) is 0 Å². The van der Waals surface area contributed by atoms with Crippen molar-refractivity contribution in [2.45, 2.75) is 30.8 Å². The first-order chi connectivity index (χ1) is 8.57. The Balaban J connectivity index is 2.22. The molecule has 112 valence electrons. The van der Waals surface area contributed by atoms with Gasteiger partial charge in [0.05, 0.1) is 19.0 Å². The van der Waals surface area contributed by atoms with Crippen molar-refractivity contribution >= 4 is 20.5 Å². The molecule has 5 atom stereocenters. The van der Waals surface area contributed by atoms with Gasteiger partial charge in [-0.05, 0) is 6.42 Å². The van der Waals surface area contributed by atoms with E-state index in [0.717, 1.165) is 6.26 Å². The Morgan fingerprint density at radius 2 is 1.79 bits per heavy atom. The molecule has 0 radical (unpaired) electrons. The van der Waals surface area contributed by atoms with Crippen LogP contribution in [0, 0.1) is 5.92 Å². The summed E-state index contributed by atoms with van der Waals surface area (Å²) in [5.41, 5.74) is 0. The molecule has 1 saturated carbocycles. The van der Waals surface area contributed by atoms with Crippen LogP contribution in [0.25, 0.3) is 0 Å². The summed E-state index contributed by atoms with van der Waals surface area (Å²) >= 11 is 0. The smallest absolute Gasteiger partial charge is 0.387 e. The molecule has 2 aliphatic rings. The molecule has 0 aromatic rings. The van der Waals surface area contributed by atoms with Crippen molar-refractivity contribution in [2.24, 2.45) is 5.92 Å². The molecular formula is C8H14O9S2. The summed E-state index contributed by atoms with van der Waals surface area (Å²) < 4.78 is 66.7. The van der Waals surface area contributed by atoms with Gasteiger partial charge in [-0.2, -0.15) is 16.8 Å². The number of aliphatic hydroxyl groups is 1. The maximum atomic E-state index is 11.1. The lowest BCUT2D eigenvalue weighted by atomic mass is 9.84. The van der Waals surface area contributed by atoms with Crippen molar-refractivity contribution in [3.8, 4) is 0 Å². The number of fused-ring (bicyclic) bond motifs is 2. The highest BCUT2D eigenvalue weighted by molar-refractivity contribution is 7.86. The predicted octanol–water partition coefficient (Wildman–Crippen LogP) is -1.70. The lowest BCUT2D eigenvalue weighted by Crippen LogP contribution is -2.53. The molecular weight excluding hydrogens is 304 g/mol. The van der Waals surface area contributed by atoms with Gasteiger partial charge in [-0.25, -0.2) is 4.18 Å². The highest BCUT2D eigenvalue weighted by Crippen LogP contribution is 2.38. The fourth-order valence-corrected chi connectivity index (χ4v) is 3.62. The molecule has 2 bridgehead atoms. The van der Waals surface area contributed by atoms with Gasteiger partial charge >= 0.3 is 10.4 Å². The average molecular weight is 318 g/mol. The van der Waals surface area contributed by atoms with Crippen molar-refractivity contribution in [2.75, 3.05) is 12.9 Å². The molecule has 9 nitrogen and oxygen atoms in total. The summed E-state index contributed by atoms with van der Waals surface area (Å²) in [6.45, 7) is 0.0888. The van der Waals surface area contributed by atoms with E-state index < -0.39 is 50.9 Å². The fraction of sp³-hybridized carbons (Fsp3) is 1.00. The topological polar surface area (TPSA) is 136 Å². The van der Waals surface area contributed by atoms with E-state index in [-0.39, 0.29) is 13.0 Å². The second-order valence-electron chi connectivity index (χ2n) is 4.61. The van der Waals surface area contributed by atoms with Crippen LogP contribution in [-0.2, 0) is 33.6 Å². The van der Waals surface area contributed by atoms with Crippen LogP contribution in [0.1, 0.15) is 6.42 Å². The lowest BCUT2D eigenvalue weighted by molar-refractivity contribution is -0.0990. The van der Waals surface area contributed by atoms with E-state index in [1.54, 1.807) is 0 Å². The molecule has 1 saturated heterocycles. The number of rotatable bonds is 4. The molecule has 2 N–H and O–H groups in total. The first-order valence-electron chi connectivity index (χ1n) is 5.40. The normalized spacial score (nSPS) is 39.4. The molecule has 19 heavy (non-hydrogen) atoms. The molecule has 0 aromatic carbocycles. The summed E-state index contributed by atoms with van der Waals surface area (Å²) in [6.07, 6.45) is -3.68. The largest absolute Gasteiger partial charge is 0.397 e. The molecule has 1 heterocycles. The number of hydrogen-bond acceptors (Lipinski definition) is 8. The van der Waals surface area contributed by atoms with Crippen molar-refractivity contribution in [1.29, 1.82) is 0 Å². The van der Waals surface area contributed by atoms with E-state index in [2.05, 4.69) is 4.18 Å². The molecule has 1 aliphatic heterocycles. The Morgan fingerprint density at radius 3 is 2.32 bits per heavy atom. The van der Waals surface area contributed by atoms with E-state index in [1.807, 2.05) is 0 Å². The minimum Gasteiger partial charge on any atom is -0.387 e. The zero-order valence-corrected chi connectivity index (χ0v) is 11.5. The molecule has 1 aliphatic carbocycles. The highest BCUT2D eigenvalue weighted by Gasteiger charge is 2.52. The monoisotopic (exact) mass is 318 g/mol. The Bertz CT molecular complexity index is 491. The highest BCUT2D eigenvalue weighted by atomic mass is 32.3. The second-order valence-corrected chi connectivity index (χ2v) is 7.26. The minimum atomic E-state index is -4.77. The first-order valence-corrected chi connectivity index (χ1v) is 8.58. The van der Waals surface area contributed by atoms with Gasteiger partial charge in [0.2, 0.25) is 0 Å². The third-order valence-corrected chi connectivity index (χ3v) is 4.12. The minimum absolute atomic E-state index is 0.0888. The average Bonchev–Trinajstić information content (AvgIpc) is 2.63. The van der Waals surface area contributed by atoms with Crippen LogP contribution in [0.2, 0.25) is 0 Å². The Kier molecular flexibility index (Phi) is 3.90. The van der Waals surface area contributed by atoms with E-state index in [1.165, 1.54) is 0 Å². The maximum Gasteiger partial charge on any atom is 0.397 e. The van der Waals surface area contributed by atoms with E-state index in [4.69, 9.17) is 13.5 Å². The van der Waals surface area contributed by atoms with E-state index in [9.17, 15) is 21.9 Å². The second kappa shape index (κ2) is 4.91. The molecule has 2 unspecified atom stereocenters. The molecule has 0 spiro atoms. The van der Waals surface area contributed by atoms with Crippen LogP contribution in [0.15, 0.2) is 0 Å². The van der Waals surface area contributed by atoms with Crippen molar-refractivity contribution in [1.82, 2.24) is 0 Å². The standard InChI is InChI=1S/C8H14O9S2/c1-18(10,11)16-8-5-2-4(3-15-5)7(6(8)9)17-19(12,13)14/h4-9H,2-3H2,1H3,(H,12,13,14)/t4?,5-,6+,7-,8?/m1/s1. The Labute approximate surface area is 110 Å². The zero-order valence-electron chi connectivity index (χ0n) is 9.87. The number of ether oxygens (including phenoxy) is 1. The number of hydrogen-bond donors (Lipinski definition) is 2.